The number of halogens is 2. The zero-order chi connectivity index (χ0) is 21.4. The molecule has 0 unspecified atom stereocenters. The summed E-state index contributed by atoms with van der Waals surface area (Å²) in [5.74, 6) is -0.710. The van der Waals surface area contributed by atoms with Crippen LogP contribution < -0.4 is 10.6 Å². The van der Waals surface area contributed by atoms with E-state index in [2.05, 4.69) is 15.9 Å². The van der Waals surface area contributed by atoms with Gasteiger partial charge in [0.2, 0.25) is 0 Å². The van der Waals surface area contributed by atoms with E-state index in [-0.39, 0.29) is 12.4 Å². The fourth-order valence-electron chi connectivity index (χ4n) is 4.05. The van der Waals surface area contributed by atoms with Crippen molar-refractivity contribution in [2.45, 2.75) is 32.1 Å². The molecule has 0 fully saturated rings. The third-order valence-corrected chi connectivity index (χ3v) is 7.19. The van der Waals surface area contributed by atoms with Gasteiger partial charge >= 0.3 is 5.97 Å². The molecule has 1 aliphatic heterocycles. The predicted molar refractivity (Wildman–Crippen MR) is 122 cm³/mol. The number of carbonyl (C=O) groups is 2. The molecule has 2 aromatic rings. The second-order valence-corrected chi connectivity index (χ2v) is 9.97. The maximum Gasteiger partial charge on any atom is 0.338 e. The lowest BCUT2D eigenvalue weighted by molar-refractivity contribution is -0.138. The van der Waals surface area contributed by atoms with E-state index in [1.165, 1.54) is 11.3 Å². The molecule has 0 spiro atoms. The second kappa shape index (κ2) is 8.57. The monoisotopic (exact) mass is 506 g/mol. The van der Waals surface area contributed by atoms with Crippen molar-refractivity contribution in [1.29, 1.82) is 0 Å². The quantitative estimate of drug-likeness (QED) is 0.553. The number of Topliss-reactive ketones (excluding diaryl/α,β-unsaturated/α-hetero) is 1. The highest BCUT2D eigenvalue weighted by Crippen LogP contribution is 2.48. The number of anilines is 1. The molecule has 0 saturated heterocycles. The van der Waals surface area contributed by atoms with E-state index in [4.69, 9.17) is 22.1 Å². The molecule has 1 aromatic carbocycles. The van der Waals surface area contributed by atoms with Crippen molar-refractivity contribution in [1.82, 2.24) is 0 Å². The summed E-state index contributed by atoms with van der Waals surface area (Å²) >= 11 is 11.0. The first-order valence-corrected chi connectivity index (χ1v) is 11.6. The van der Waals surface area contributed by atoms with Gasteiger partial charge in [0, 0.05) is 33.3 Å². The molecule has 0 amide bonds. The Balaban J connectivity index is 1.97. The van der Waals surface area contributed by atoms with E-state index in [0.717, 1.165) is 26.5 Å². The Hall–Kier alpha value is -2.09. The first-order chi connectivity index (χ1) is 14.4. The van der Waals surface area contributed by atoms with Crippen LogP contribution in [0.3, 0.4) is 0 Å². The summed E-state index contributed by atoms with van der Waals surface area (Å²) in [5.41, 5.74) is 9.16. The Morgan fingerprint density at radius 2 is 2.00 bits per heavy atom. The minimum absolute atomic E-state index is 0.0408. The standard InChI is InChI=1S/C22H20BrClN2O3S/c1-2-29-22(28)20-19(16-10-11-17(23)30-16)18-14(4-3-5-15(18)27)26(21(20)25)13-8-6-12(24)7-9-13/h6-11,19H,2-5,25H2,1H3/t19-/m0/s1. The number of hydrogen-bond acceptors (Lipinski definition) is 6. The lowest BCUT2D eigenvalue weighted by atomic mass is 9.77. The number of nitrogens with zero attached hydrogens (tertiary/aromatic N) is 1. The molecule has 4 rings (SSSR count). The molecule has 30 heavy (non-hydrogen) atoms. The van der Waals surface area contributed by atoms with E-state index in [0.29, 0.717) is 34.8 Å². The van der Waals surface area contributed by atoms with Gasteiger partial charge in [-0.3, -0.25) is 9.69 Å². The highest BCUT2D eigenvalue weighted by molar-refractivity contribution is 9.11. The van der Waals surface area contributed by atoms with Gasteiger partial charge in [0.1, 0.15) is 5.82 Å². The molecular formula is C22H20BrClN2O3S. The topological polar surface area (TPSA) is 72.6 Å². The van der Waals surface area contributed by atoms with E-state index < -0.39 is 11.9 Å². The number of ether oxygens (including phenoxy) is 1. The SMILES string of the molecule is CCOC(=O)C1=C(N)N(c2ccc(Cl)cc2)C2=C(C(=O)CCC2)[C@@H]1c1ccc(Br)s1. The summed E-state index contributed by atoms with van der Waals surface area (Å²) < 4.78 is 6.28. The van der Waals surface area contributed by atoms with Gasteiger partial charge in [-0.1, -0.05) is 11.6 Å². The molecule has 0 radical (unpaired) electrons. The van der Waals surface area contributed by atoms with Gasteiger partial charge in [0.25, 0.3) is 0 Å². The number of thiophene rings is 1. The van der Waals surface area contributed by atoms with Crippen molar-refractivity contribution >= 4 is 56.3 Å². The van der Waals surface area contributed by atoms with Crippen LogP contribution in [-0.4, -0.2) is 18.4 Å². The smallest absolute Gasteiger partial charge is 0.338 e. The Labute approximate surface area is 192 Å². The summed E-state index contributed by atoms with van der Waals surface area (Å²) in [7, 11) is 0. The predicted octanol–water partition coefficient (Wildman–Crippen LogP) is 5.51. The van der Waals surface area contributed by atoms with Crippen molar-refractivity contribution < 1.29 is 14.3 Å². The van der Waals surface area contributed by atoms with Crippen LogP contribution in [0.2, 0.25) is 5.02 Å². The number of carbonyl (C=O) groups excluding carboxylic acids is 2. The highest BCUT2D eigenvalue weighted by atomic mass is 79.9. The van der Waals surface area contributed by atoms with Gasteiger partial charge in [-0.15, -0.1) is 11.3 Å². The summed E-state index contributed by atoms with van der Waals surface area (Å²) in [6.45, 7) is 1.97. The molecule has 0 saturated carbocycles. The zero-order valence-electron chi connectivity index (χ0n) is 16.3. The van der Waals surface area contributed by atoms with E-state index in [9.17, 15) is 9.59 Å². The maximum absolute atomic E-state index is 13.2. The summed E-state index contributed by atoms with van der Waals surface area (Å²) in [4.78, 5) is 28.9. The number of rotatable bonds is 4. The molecule has 2 aliphatic rings. The third kappa shape index (κ3) is 3.70. The molecule has 2 heterocycles. The van der Waals surface area contributed by atoms with Gasteiger partial charge in [-0.2, -0.15) is 0 Å². The van der Waals surface area contributed by atoms with E-state index in [1.54, 1.807) is 19.1 Å². The lowest BCUT2D eigenvalue weighted by Gasteiger charge is -2.40. The molecule has 2 N–H and O–H groups in total. The van der Waals surface area contributed by atoms with Gasteiger partial charge in [-0.25, -0.2) is 4.79 Å². The Bertz CT molecular complexity index is 1070. The molecule has 8 heteroatoms. The first kappa shape index (κ1) is 21.2. The number of allylic oxidation sites excluding steroid dienone is 2. The lowest BCUT2D eigenvalue weighted by Crippen LogP contribution is -2.40. The molecule has 1 aromatic heterocycles. The first-order valence-electron chi connectivity index (χ1n) is 9.66. The van der Waals surface area contributed by atoms with Crippen molar-refractivity contribution in [3.63, 3.8) is 0 Å². The van der Waals surface area contributed by atoms with Crippen LogP contribution in [0.15, 0.2) is 62.8 Å². The van der Waals surface area contributed by atoms with Crippen LogP contribution >= 0.6 is 38.9 Å². The Morgan fingerprint density at radius 3 is 2.63 bits per heavy atom. The van der Waals surface area contributed by atoms with Gasteiger partial charge in [0.05, 0.1) is 21.9 Å². The molecule has 5 nitrogen and oxygen atoms in total. The second-order valence-electron chi connectivity index (χ2n) is 7.04. The van der Waals surface area contributed by atoms with Crippen LogP contribution in [0.25, 0.3) is 0 Å². The molecule has 1 atom stereocenters. The largest absolute Gasteiger partial charge is 0.463 e. The van der Waals surface area contributed by atoms with Crippen LogP contribution in [-0.2, 0) is 14.3 Å². The van der Waals surface area contributed by atoms with Crippen molar-refractivity contribution in [2.24, 2.45) is 5.73 Å². The third-order valence-electron chi connectivity index (χ3n) is 5.25. The van der Waals surface area contributed by atoms with Gasteiger partial charge in [0.15, 0.2) is 5.78 Å². The van der Waals surface area contributed by atoms with Gasteiger partial charge < -0.3 is 10.5 Å². The molecule has 1 aliphatic carbocycles. The average Bonchev–Trinajstić information content (AvgIpc) is 3.14. The van der Waals surface area contributed by atoms with Crippen molar-refractivity contribution in [3.8, 4) is 0 Å². The number of nitrogens with two attached hydrogens (primary N) is 1. The fourth-order valence-corrected chi connectivity index (χ4v) is 5.72. The van der Waals surface area contributed by atoms with Crippen molar-refractivity contribution in [2.75, 3.05) is 11.5 Å². The summed E-state index contributed by atoms with van der Waals surface area (Å²) in [5, 5.41) is 0.596. The normalized spacial score (nSPS) is 19.2. The van der Waals surface area contributed by atoms with Crippen LogP contribution in [0.5, 0.6) is 0 Å². The van der Waals surface area contributed by atoms with E-state index >= 15 is 0 Å². The molecular weight excluding hydrogens is 488 g/mol. The van der Waals surface area contributed by atoms with E-state index in [1.807, 2.05) is 29.2 Å². The Kier molecular flexibility index (Phi) is 6.04. The Morgan fingerprint density at radius 1 is 1.27 bits per heavy atom. The van der Waals surface area contributed by atoms with Crippen molar-refractivity contribution in [3.05, 3.63) is 72.7 Å². The number of benzene rings is 1. The van der Waals surface area contributed by atoms with Crippen LogP contribution in [0.4, 0.5) is 5.69 Å². The minimum atomic E-state index is -0.535. The highest BCUT2D eigenvalue weighted by Gasteiger charge is 2.43. The summed E-state index contributed by atoms with van der Waals surface area (Å²) in [6, 6.07) is 11.0. The average molecular weight is 508 g/mol. The zero-order valence-corrected chi connectivity index (χ0v) is 19.4. The number of esters is 1. The maximum atomic E-state index is 13.2. The van der Waals surface area contributed by atoms with Gasteiger partial charge in [-0.05, 0) is 72.1 Å². The van der Waals surface area contributed by atoms with Crippen LogP contribution in [0.1, 0.15) is 37.0 Å². The molecule has 156 valence electrons. The minimum Gasteiger partial charge on any atom is -0.463 e. The summed E-state index contributed by atoms with van der Waals surface area (Å²) in [6.07, 6.45) is 1.89. The number of hydrogen-bond donors (Lipinski definition) is 1. The molecule has 0 bridgehead atoms. The fraction of sp³-hybridized carbons (Fsp3) is 0.273. The number of ketones is 1. The van der Waals surface area contributed by atoms with Crippen LogP contribution in [0, 0.1) is 0 Å².